The van der Waals surface area contributed by atoms with Crippen LogP contribution in [0.3, 0.4) is 0 Å². The van der Waals surface area contributed by atoms with Crippen molar-refractivity contribution in [3.05, 3.63) is 30.6 Å². The Morgan fingerprint density at radius 1 is 0.972 bits per heavy atom. The molecule has 5 rings (SSSR count). The van der Waals surface area contributed by atoms with Gasteiger partial charge in [0.05, 0.1) is 23.6 Å². The van der Waals surface area contributed by atoms with E-state index in [9.17, 15) is 8.42 Å². The number of benzene rings is 1. The summed E-state index contributed by atoms with van der Waals surface area (Å²) in [5.41, 5.74) is 1.91. The van der Waals surface area contributed by atoms with Gasteiger partial charge in [0.1, 0.15) is 5.52 Å². The molecule has 2 fully saturated rings. The Bertz CT molecular complexity index is 1230. The van der Waals surface area contributed by atoms with Crippen LogP contribution in [-0.4, -0.2) is 65.2 Å². The third-order valence-electron chi connectivity index (χ3n) is 7.28. The van der Waals surface area contributed by atoms with Gasteiger partial charge in [-0.05, 0) is 69.0 Å². The van der Waals surface area contributed by atoms with Gasteiger partial charge in [-0.3, -0.25) is 0 Å². The van der Waals surface area contributed by atoms with E-state index in [1.807, 2.05) is 0 Å². The minimum absolute atomic E-state index is 0.139. The summed E-state index contributed by atoms with van der Waals surface area (Å²) in [4.78, 5) is 19.0. The van der Waals surface area contributed by atoms with Crippen molar-refractivity contribution in [1.82, 2.24) is 24.8 Å². The van der Waals surface area contributed by atoms with Gasteiger partial charge in [-0.2, -0.15) is 9.97 Å². The van der Waals surface area contributed by atoms with Crippen molar-refractivity contribution in [2.45, 2.75) is 62.7 Å². The molecular formula is C26H36N6O3S. The first-order chi connectivity index (χ1) is 17.6. The van der Waals surface area contributed by atoms with Crippen LogP contribution >= 0.6 is 0 Å². The number of ether oxygens (including phenoxy) is 1. The van der Waals surface area contributed by atoms with E-state index in [4.69, 9.17) is 4.74 Å². The van der Waals surface area contributed by atoms with Gasteiger partial charge < -0.3 is 19.9 Å². The Morgan fingerprint density at radius 2 is 1.69 bits per heavy atom. The molecule has 0 bridgehead atoms. The molecule has 2 N–H and O–H groups in total. The van der Waals surface area contributed by atoms with Crippen LogP contribution in [0, 0.1) is 5.92 Å². The molecule has 0 unspecified atom stereocenters. The summed E-state index contributed by atoms with van der Waals surface area (Å²) in [6.07, 6.45) is 12.6. The highest BCUT2D eigenvalue weighted by Gasteiger charge is 2.19. The van der Waals surface area contributed by atoms with E-state index in [0.29, 0.717) is 52.6 Å². The van der Waals surface area contributed by atoms with Crippen molar-refractivity contribution in [2.24, 2.45) is 5.92 Å². The Morgan fingerprint density at radius 3 is 2.44 bits per heavy atom. The molecule has 2 aliphatic rings. The molecule has 10 heteroatoms. The zero-order valence-corrected chi connectivity index (χ0v) is 21.6. The van der Waals surface area contributed by atoms with E-state index in [0.717, 1.165) is 25.9 Å². The first-order valence-corrected chi connectivity index (χ1v) is 14.9. The number of aromatic nitrogens is 4. The quantitative estimate of drug-likeness (QED) is 0.424. The highest BCUT2D eigenvalue weighted by Crippen LogP contribution is 2.27. The molecule has 0 spiro atoms. The molecule has 0 atom stereocenters. The lowest BCUT2D eigenvalue weighted by Crippen LogP contribution is -2.30. The molecule has 3 heterocycles. The SMILES string of the molecule is O=S(=O)(CCN1CCCCCC1)c1ccc(Nc2nc(OCC3CCCCC3)c3[nH]cnc3n2)cc1. The average Bonchev–Trinajstić information content (AvgIpc) is 3.21. The predicted molar refractivity (Wildman–Crippen MR) is 140 cm³/mol. The smallest absolute Gasteiger partial charge is 0.245 e. The highest BCUT2D eigenvalue weighted by atomic mass is 32.2. The lowest BCUT2D eigenvalue weighted by Gasteiger charge is -2.21. The largest absolute Gasteiger partial charge is 0.476 e. The topological polar surface area (TPSA) is 113 Å². The standard InChI is InChI=1S/C26H36N6O3S/c33-36(34,17-16-32-14-6-1-2-7-15-32)22-12-10-21(11-13-22)29-26-30-24-23(27-19-28-24)25(31-26)35-18-20-8-4-3-5-9-20/h10-13,19-20H,1-9,14-18H2,(H2,27,28,29,30,31). The summed E-state index contributed by atoms with van der Waals surface area (Å²) in [6.45, 7) is 3.20. The number of likely N-dealkylation sites (tertiary alicyclic amines) is 1. The van der Waals surface area contributed by atoms with Gasteiger partial charge in [-0.15, -0.1) is 0 Å². The van der Waals surface area contributed by atoms with Crippen molar-refractivity contribution < 1.29 is 13.2 Å². The normalized spacial score (nSPS) is 18.2. The number of fused-ring (bicyclic) bond motifs is 1. The molecule has 1 saturated heterocycles. The van der Waals surface area contributed by atoms with Crippen LogP contribution in [0.5, 0.6) is 5.88 Å². The number of hydrogen-bond acceptors (Lipinski definition) is 8. The van der Waals surface area contributed by atoms with Gasteiger partial charge in [0, 0.05) is 12.2 Å². The fourth-order valence-electron chi connectivity index (χ4n) is 5.12. The summed E-state index contributed by atoms with van der Waals surface area (Å²) in [5, 5.41) is 3.17. The molecule has 1 aromatic carbocycles. The van der Waals surface area contributed by atoms with Crippen LogP contribution in [0.4, 0.5) is 11.6 Å². The Kier molecular flexibility index (Phi) is 8.01. The number of imidazole rings is 1. The fourth-order valence-corrected chi connectivity index (χ4v) is 6.40. The maximum absolute atomic E-state index is 12.9. The first kappa shape index (κ1) is 25.0. The molecule has 1 aliphatic heterocycles. The first-order valence-electron chi connectivity index (χ1n) is 13.2. The number of aromatic amines is 1. The molecular weight excluding hydrogens is 476 g/mol. The Hall–Kier alpha value is -2.72. The molecule has 0 radical (unpaired) electrons. The van der Waals surface area contributed by atoms with E-state index in [2.05, 4.69) is 30.2 Å². The third kappa shape index (κ3) is 6.34. The molecule has 1 aliphatic carbocycles. The van der Waals surface area contributed by atoms with Gasteiger partial charge in [0.15, 0.2) is 15.5 Å². The maximum atomic E-state index is 12.9. The number of nitrogens with one attached hydrogen (secondary N) is 2. The van der Waals surface area contributed by atoms with E-state index in [1.165, 1.54) is 44.9 Å². The lowest BCUT2D eigenvalue weighted by molar-refractivity contribution is 0.205. The Labute approximate surface area is 213 Å². The van der Waals surface area contributed by atoms with Crippen molar-refractivity contribution in [3.63, 3.8) is 0 Å². The summed E-state index contributed by atoms with van der Waals surface area (Å²) in [7, 11) is -3.34. The summed E-state index contributed by atoms with van der Waals surface area (Å²) in [5.74, 6) is 1.54. The van der Waals surface area contributed by atoms with Gasteiger partial charge >= 0.3 is 0 Å². The van der Waals surface area contributed by atoms with Crippen molar-refractivity contribution in [1.29, 1.82) is 0 Å². The molecule has 3 aromatic rings. The number of nitrogens with zero attached hydrogens (tertiary/aromatic N) is 4. The van der Waals surface area contributed by atoms with Crippen molar-refractivity contribution in [3.8, 4) is 5.88 Å². The van der Waals surface area contributed by atoms with Gasteiger partial charge in [0.25, 0.3) is 0 Å². The second-order valence-electron chi connectivity index (χ2n) is 9.99. The zero-order valence-electron chi connectivity index (χ0n) is 20.8. The van der Waals surface area contributed by atoms with Crippen molar-refractivity contribution in [2.75, 3.05) is 37.3 Å². The molecule has 1 saturated carbocycles. The van der Waals surface area contributed by atoms with Crippen LogP contribution in [-0.2, 0) is 9.84 Å². The van der Waals surface area contributed by atoms with Gasteiger partial charge in [-0.25, -0.2) is 13.4 Å². The molecule has 2 aromatic heterocycles. The van der Waals surface area contributed by atoms with Crippen LogP contribution in [0.2, 0.25) is 0 Å². The number of H-pyrrole nitrogens is 1. The lowest BCUT2D eigenvalue weighted by atomic mass is 9.90. The van der Waals surface area contributed by atoms with Gasteiger partial charge in [-0.1, -0.05) is 32.1 Å². The third-order valence-corrected chi connectivity index (χ3v) is 8.99. The second kappa shape index (κ2) is 11.6. The van der Waals surface area contributed by atoms with Gasteiger partial charge in [0.2, 0.25) is 11.8 Å². The van der Waals surface area contributed by atoms with Crippen LogP contribution in [0.15, 0.2) is 35.5 Å². The van der Waals surface area contributed by atoms with Crippen molar-refractivity contribution >= 4 is 32.6 Å². The minimum Gasteiger partial charge on any atom is -0.476 e. The maximum Gasteiger partial charge on any atom is 0.245 e. The number of sulfone groups is 1. The number of rotatable bonds is 9. The van der Waals surface area contributed by atoms with Crippen LogP contribution < -0.4 is 10.1 Å². The van der Waals surface area contributed by atoms with E-state index >= 15 is 0 Å². The number of anilines is 2. The second-order valence-corrected chi connectivity index (χ2v) is 12.1. The van der Waals surface area contributed by atoms with E-state index in [-0.39, 0.29) is 5.75 Å². The van der Waals surface area contributed by atoms with E-state index < -0.39 is 9.84 Å². The molecule has 0 amide bonds. The monoisotopic (exact) mass is 512 g/mol. The van der Waals surface area contributed by atoms with Crippen LogP contribution in [0.1, 0.15) is 57.8 Å². The van der Waals surface area contributed by atoms with Crippen LogP contribution in [0.25, 0.3) is 11.2 Å². The highest BCUT2D eigenvalue weighted by molar-refractivity contribution is 7.91. The summed E-state index contributed by atoms with van der Waals surface area (Å²) in [6, 6.07) is 6.79. The summed E-state index contributed by atoms with van der Waals surface area (Å²) >= 11 is 0. The molecule has 194 valence electrons. The molecule has 9 nitrogen and oxygen atoms in total. The average molecular weight is 513 g/mol. The fraction of sp³-hybridized carbons (Fsp3) is 0.577. The minimum atomic E-state index is -3.34. The summed E-state index contributed by atoms with van der Waals surface area (Å²) < 4.78 is 31.9. The predicted octanol–water partition coefficient (Wildman–Crippen LogP) is 4.71. The number of hydrogen-bond donors (Lipinski definition) is 2. The van der Waals surface area contributed by atoms with E-state index in [1.54, 1.807) is 30.6 Å². The molecule has 36 heavy (non-hydrogen) atoms. The zero-order chi connectivity index (χ0) is 24.8. The Balaban J connectivity index is 1.23.